The van der Waals surface area contributed by atoms with Crippen LogP contribution in [0.4, 0.5) is 11.4 Å². The second kappa shape index (κ2) is 9.35. The Morgan fingerprint density at radius 1 is 1.04 bits per heavy atom. The van der Waals surface area contributed by atoms with E-state index in [-0.39, 0.29) is 17.6 Å². The predicted octanol–water partition coefficient (Wildman–Crippen LogP) is 4.05. The number of amides is 2. The number of methoxy groups -OCH3 is 2. The van der Waals surface area contributed by atoms with Crippen molar-refractivity contribution < 1.29 is 19.1 Å². The first-order chi connectivity index (χ1) is 12.4. The van der Waals surface area contributed by atoms with Gasteiger partial charge in [0, 0.05) is 23.6 Å². The molecule has 2 aromatic carbocycles. The van der Waals surface area contributed by atoms with Crippen molar-refractivity contribution in [1.82, 2.24) is 0 Å². The molecule has 0 unspecified atom stereocenters. The van der Waals surface area contributed by atoms with Gasteiger partial charge in [-0.25, -0.2) is 0 Å². The lowest BCUT2D eigenvalue weighted by Gasteiger charge is -2.13. The van der Waals surface area contributed by atoms with E-state index in [0.717, 1.165) is 4.90 Å². The third-order valence-corrected chi connectivity index (χ3v) is 4.60. The zero-order chi connectivity index (χ0) is 19.1. The second-order valence-corrected chi connectivity index (χ2v) is 6.69. The van der Waals surface area contributed by atoms with Gasteiger partial charge in [-0.3, -0.25) is 9.59 Å². The molecule has 2 N–H and O–H groups in total. The van der Waals surface area contributed by atoms with Gasteiger partial charge in [-0.15, -0.1) is 11.8 Å². The van der Waals surface area contributed by atoms with Crippen LogP contribution in [0, 0.1) is 0 Å². The van der Waals surface area contributed by atoms with Crippen LogP contribution in [-0.2, 0) is 9.59 Å². The van der Waals surface area contributed by atoms with E-state index >= 15 is 0 Å². The summed E-state index contributed by atoms with van der Waals surface area (Å²) in [6.45, 7) is 1.45. The summed E-state index contributed by atoms with van der Waals surface area (Å²) in [7, 11) is 3.01. The number of benzene rings is 2. The lowest BCUT2D eigenvalue weighted by atomic mass is 10.2. The molecular formula is C18H19ClN2O4S. The van der Waals surface area contributed by atoms with Crippen molar-refractivity contribution in [3.63, 3.8) is 0 Å². The van der Waals surface area contributed by atoms with E-state index in [2.05, 4.69) is 10.6 Å². The summed E-state index contributed by atoms with van der Waals surface area (Å²) in [5, 5.41) is 5.85. The summed E-state index contributed by atoms with van der Waals surface area (Å²) < 4.78 is 10.4. The summed E-state index contributed by atoms with van der Waals surface area (Å²) >= 11 is 7.48. The minimum absolute atomic E-state index is 0.128. The van der Waals surface area contributed by atoms with Gasteiger partial charge in [0.25, 0.3) is 0 Å². The van der Waals surface area contributed by atoms with Crippen molar-refractivity contribution in [2.24, 2.45) is 0 Å². The number of hydrogen-bond donors (Lipinski definition) is 2. The Kier molecular flexibility index (Phi) is 7.17. The minimum atomic E-state index is -0.194. The standard InChI is InChI=1S/C18H19ClN2O4S/c1-11(22)20-12-4-6-13(7-5-12)26-10-18(23)21-15-8-14(19)16(24-2)9-17(15)25-3/h4-9H,10H2,1-3H3,(H,20,22)(H,21,23). The van der Waals surface area contributed by atoms with Crippen LogP contribution >= 0.6 is 23.4 Å². The maximum atomic E-state index is 12.2. The molecule has 2 aromatic rings. The van der Waals surface area contributed by atoms with Crippen molar-refractivity contribution in [2.75, 3.05) is 30.6 Å². The molecule has 0 aliphatic heterocycles. The molecule has 0 fully saturated rings. The van der Waals surface area contributed by atoms with E-state index in [4.69, 9.17) is 21.1 Å². The van der Waals surface area contributed by atoms with E-state index in [9.17, 15) is 9.59 Å². The van der Waals surface area contributed by atoms with E-state index in [1.165, 1.54) is 32.9 Å². The van der Waals surface area contributed by atoms with Gasteiger partial charge in [-0.2, -0.15) is 0 Å². The molecule has 0 saturated heterocycles. The highest BCUT2D eigenvalue weighted by molar-refractivity contribution is 8.00. The Morgan fingerprint density at radius 3 is 2.27 bits per heavy atom. The van der Waals surface area contributed by atoms with Crippen LogP contribution in [0.25, 0.3) is 0 Å². The minimum Gasteiger partial charge on any atom is -0.495 e. The van der Waals surface area contributed by atoms with E-state index in [1.54, 1.807) is 24.3 Å². The average molecular weight is 395 g/mol. The molecular weight excluding hydrogens is 376 g/mol. The van der Waals surface area contributed by atoms with Gasteiger partial charge < -0.3 is 20.1 Å². The van der Waals surface area contributed by atoms with E-state index in [1.807, 2.05) is 12.1 Å². The highest BCUT2D eigenvalue weighted by Gasteiger charge is 2.13. The van der Waals surface area contributed by atoms with Crippen LogP contribution in [0.15, 0.2) is 41.3 Å². The molecule has 2 amide bonds. The van der Waals surface area contributed by atoms with Crippen LogP contribution < -0.4 is 20.1 Å². The van der Waals surface area contributed by atoms with Gasteiger partial charge in [-0.05, 0) is 30.3 Å². The number of anilines is 2. The Morgan fingerprint density at radius 2 is 1.69 bits per heavy atom. The predicted molar refractivity (Wildman–Crippen MR) is 105 cm³/mol. The zero-order valence-corrected chi connectivity index (χ0v) is 16.2. The maximum Gasteiger partial charge on any atom is 0.234 e. The summed E-state index contributed by atoms with van der Waals surface area (Å²) in [4.78, 5) is 24.1. The first-order valence-electron chi connectivity index (χ1n) is 7.64. The molecule has 6 nitrogen and oxygen atoms in total. The molecule has 0 heterocycles. The molecule has 8 heteroatoms. The first kappa shape index (κ1) is 19.9. The van der Waals surface area contributed by atoms with Gasteiger partial charge in [-0.1, -0.05) is 11.6 Å². The third-order valence-electron chi connectivity index (χ3n) is 3.29. The Labute approximate surface area is 161 Å². The van der Waals surface area contributed by atoms with Crippen molar-refractivity contribution in [3.8, 4) is 11.5 Å². The van der Waals surface area contributed by atoms with Gasteiger partial charge in [0.15, 0.2) is 0 Å². The SMILES string of the molecule is COc1cc(OC)c(NC(=O)CSc2ccc(NC(C)=O)cc2)cc1Cl. The molecule has 26 heavy (non-hydrogen) atoms. The van der Waals surface area contributed by atoms with Gasteiger partial charge in [0.05, 0.1) is 30.7 Å². The van der Waals surface area contributed by atoms with E-state index < -0.39 is 0 Å². The Bertz CT molecular complexity index is 797. The van der Waals surface area contributed by atoms with E-state index in [0.29, 0.717) is 27.9 Å². The molecule has 0 aliphatic carbocycles. The molecule has 0 spiro atoms. The number of rotatable bonds is 7. The third kappa shape index (κ3) is 5.57. The second-order valence-electron chi connectivity index (χ2n) is 5.23. The lowest BCUT2D eigenvalue weighted by Crippen LogP contribution is -2.14. The molecule has 0 aliphatic rings. The summed E-state index contributed by atoms with van der Waals surface area (Å²) in [5.41, 5.74) is 1.19. The van der Waals surface area contributed by atoms with Crippen LogP contribution in [0.2, 0.25) is 5.02 Å². The highest BCUT2D eigenvalue weighted by atomic mass is 35.5. The quantitative estimate of drug-likeness (QED) is 0.693. The number of carbonyl (C=O) groups is 2. The van der Waals surface area contributed by atoms with Crippen molar-refractivity contribution >= 4 is 46.6 Å². The molecule has 0 aromatic heterocycles. The van der Waals surface area contributed by atoms with Crippen LogP contribution in [0.5, 0.6) is 11.5 Å². The molecule has 0 atom stereocenters. The number of nitrogens with one attached hydrogen (secondary N) is 2. The molecule has 0 radical (unpaired) electrons. The van der Waals surface area contributed by atoms with Crippen LogP contribution in [0.3, 0.4) is 0 Å². The fraction of sp³-hybridized carbons (Fsp3) is 0.222. The zero-order valence-electron chi connectivity index (χ0n) is 14.6. The summed E-state index contributed by atoms with van der Waals surface area (Å²) in [5.74, 6) is 0.823. The maximum absolute atomic E-state index is 12.2. The number of ether oxygens (including phenoxy) is 2. The van der Waals surface area contributed by atoms with Crippen molar-refractivity contribution in [1.29, 1.82) is 0 Å². The van der Waals surface area contributed by atoms with Gasteiger partial charge in [0.1, 0.15) is 11.5 Å². The molecule has 0 saturated carbocycles. The fourth-order valence-electron chi connectivity index (χ4n) is 2.13. The van der Waals surface area contributed by atoms with Crippen LogP contribution in [-0.4, -0.2) is 31.8 Å². The fourth-order valence-corrected chi connectivity index (χ4v) is 3.07. The topological polar surface area (TPSA) is 76.7 Å². The van der Waals surface area contributed by atoms with Crippen molar-refractivity contribution in [2.45, 2.75) is 11.8 Å². The Hall–Kier alpha value is -2.38. The number of halogens is 1. The largest absolute Gasteiger partial charge is 0.495 e. The van der Waals surface area contributed by atoms with Crippen molar-refractivity contribution in [3.05, 3.63) is 41.4 Å². The Balaban J connectivity index is 1.96. The summed E-state index contributed by atoms with van der Waals surface area (Å²) in [6.07, 6.45) is 0. The highest BCUT2D eigenvalue weighted by Crippen LogP contribution is 2.36. The number of thioether (sulfide) groups is 1. The van der Waals surface area contributed by atoms with Gasteiger partial charge >= 0.3 is 0 Å². The van der Waals surface area contributed by atoms with Crippen LogP contribution in [0.1, 0.15) is 6.92 Å². The molecule has 2 rings (SSSR count). The normalized spacial score (nSPS) is 10.2. The molecule has 138 valence electrons. The molecule has 0 bridgehead atoms. The number of carbonyl (C=O) groups excluding carboxylic acids is 2. The monoisotopic (exact) mass is 394 g/mol. The number of hydrogen-bond acceptors (Lipinski definition) is 5. The average Bonchev–Trinajstić information content (AvgIpc) is 2.61. The summed E-state index contributed by atoms with van der Waals surface area (Å²) in [6, 6.07) is 10.5. The lowest BCUT2D eigenvalue weighted by molar-refractivity contribution is -0.114. The first-order valence-corrected chi connectivity index (χ1v) is 9.01. The van der Waals surface area contributed by atoms with Gasteiger partial charge in [0.2, 0.25) is 11.8 Å². The smallest absolute Gasteiger partial charge is 0.234 e.